The Labute approximate surface area is 136 Å². The standard InChI is InChI=1S/C16H24N4O3/c1-12-7-14(20(22)23)8-17-16(12)19-5-2-3-13(10-19)9-18-6-4-15(21)11-18/h7-8,13,15,21H,2-6,9-11H2,1H3/t13-,15+/m0/s1. The van der Waals surface area contributed by atoms with Crippen molar-refractivity contribution in [3.05, 3.63) is 27.9 Å². The Kier molecular flexibility index (Phi) is 4.77. The minimum Gasteiger partial charge on any atom is -0.392 e. The van der Waals surface area contributed by atoms with Crippen LogP contribution in [0.1, 0.15) is 24.8 Å². The molecule has 126 valence electrons. The molecule has 1 aromatic heterocycles. The molecule has 2 saturated heterocycles. The van der Waals surface area contributed by atoms with Crippen LogP contribution in [0.2, 0.25) is 0 Å². The first-order valence-corrected chi connectivity index (χ1v) is 8.29. The van der Waals surface area contributed by atoms with Gasteiger partial charge in [0.15, 0.2) is 0 Å². The Balaban J connectivity index is 1.65. The smallest absolute Gasteiger partial charge is 0.287 e. The molecule has 0 unspecified atom stereocenters. The van der Waals surface area contributed by atoms with Crippen molar-refractivity contribution < 1.29 is 10.0 Å². The van der Waals surface area contributed by atoms with Gasteiger partial charge in [-0.15, -0.1) is 0 Å². The number of rotatable bonds is 4. The van der Waals surface area contributed by atoms with Gasteiger partial charge in [0.05, 0.1) is 11.0 Å². The van der Waals surface area contributed by atoms with Crippen LogP contribution in [0.25, 0.3) is 0 Å². The van der Waals surface area contributed by atoms with E-state index >= 15 is 0 Å². The summed E-state index contributed by atoms with van der Waals surface area (Å²) < 4.78 is 0. The van der Waals surface area contributed by atoms with Crippen LogP contribution in [0.5, 0.6) is 0 Å². The van der Waals surface area contributed by atoms with Gasteiger partial charge >= 0.3 is 0 Å². The van der Waals surface area contributed by atoms with E-state index in [-0.39, 0.29) is 11.8 Å². The van der Waals surface area contributed by atoms with Gasteiger partial charge in [-0.1, -0.05) is 0 Å². The fourth-order valence-electron chi connectivity index (χ4n) is 3.73. The third kappa shape index (κ3) is 3.79. The first-order valence-electron chi connectivity index (χ1n) is 8.29. The summed E-state index contributed by atoms with van der Waals surface area (Å²) in [5, 5.41) is 20.5. The normalized spacial score (nSPS) is 25.7. The van der Waals surface area contributed by atoms with Crippen molar-refractivity contribution in [2.24, 2.45) is 5.92 Å². The number of piperidine rings is 1. The summed E-state index contributed by atoms with van der Waals surface area (Å²) in [6.07, 6.45) is 4.35. The van der Waals surface area contributed by atoms with E-state index in [4.69, 9.17) is 0 Å². The molecule has 1 N–H and O–H groups in total. The number of aryl methyl sites for hydroxylation is 1. The zero-order chi connectivity index (χ0) is 16.4. The lowest BCUT2D eigenvalue weighted by molar-refractivity contribution is -0.385. The molecule has 0 saturated carbocycles. The van der Waals surface area contributed by atoms with Crippen molar-refractivity contribution in [1.29, 1.82) is 0 Å². The molecule has 3 heterocycles. The molecule has 0 radical (unpaired) electrons. The van der Waals surface area contributed by atoms with Crippen LogP contribution in [0, 0.1) is 23.0 Å². The van der Waals surface area contributed by atoms with Gasteiger partial charge < -0.3 is 14.9 Å². The van der Waals surface area contributed by atoms with E-state index in [1.807, 2.05) is 6.92 Å². The van der Waals surface area contributed by atoms with E-state index in [9.17, 15) is 15.2 Å². The Morgan fingerprint density at radius 3 is 2.87 bits per heavy atom. The second kappa shape index (κ2) is 6.80. The molecule has 0 aliphatic carbocycles. The monoisotopic (exact) mass is 320 g/mol. The van der Waals surface area contributed by atoms with Crippen molar-refractivity contribution >= 4 is 11.5 Å². The van der Waals surface area contributed by atoms with Crippen LogP contribution >= 0.6 is 0 Å². The van der Waals surface area contributed by atoms with Gasteiger partial charge in [0.1, 0.15) is 12.0 Å². The lowest BCUT2D eigenvalue weighted by Gasteiger charge is -2.36. The topological polar surface area (TPSA) is 82.7 Å². The lowest BCUT2D eigenvalue weighted by Crippen LogP contribution is -2.41. The number of β-amino-alcohol motifs (C(OH)–C–C–N with tert-alkyl or cyclic N) is 1. The molecular weight excluding hydrogens is 296 g/mol. The zero-order valence-electron chi connectivity index (χ0n) is 13.5. The maximum Gasteiger partial charge on any atom is 0.287 e. The number of hydrogen-bond acceptors (Lipinski definition) is 6. The lowest BCUT2D eigenvalue weighted by atomic mass is 9.97. The van der Waals surface area contributed by atoms with Gasteiger partial charge in [-0.25, -0.2) is 4.98 Å². The molecule has 23 heavy (non-hydrogen) atoms. The molecule has 2 fully saturated rings. The number of nitrogens with zero attached hydrogens (tertiary/aromatic N) is 4. The second-order valence-electron chi connectivity index (χ2n) is 6.75. The number of aliphatic hydroxyl groups is 1. The number of aromatic nitrogens is 1. The summed E-state index contributed by atoms with van der Waals surface area (Å²) in [4.78, 5) is 19.4. The van der Waals surface area contributed by atoms with Crippen molar-refractivity contribution in [1.82, 2.24) is 9.88 Å². The quantitative estimate of drug-likeness (QED) is 0.670. The fraction of sp³-hybridized carbons (Fsp3) is 0.688. The van der Waals surface area contributed by atoms with Crippen molar-refractivity contribution in [3.8, 4) is 0 Å². The molecule has 2 aliphatic rings. The molecule has 0 bridgehead atoms. The summed E-state index contributed by atoms with van der Waals surface area (Å²) in [5.41, 5.74) is 0.905. The molecule has 0 spiro atoms. The Hall–Kier alpha value is -1.73. The van der Waals surface area contributed by atoms with Crippen LogP contribution in [-0.2, 0) is 0 Å². The van der Waals surface area contributed by atoms with E-state index < -0.39 is 4.92 Å². The van der Waals surface area contributed by atoms with E-state index in [0.29, 0.717) is 5.92 Å². The van der Waals surface area contributed by atoms with Gasteiger partial charge in [-0.05, 0) is 37.7 Å². The third-order valence-electron chi connectivity index (χ3n) is 4.83. The van der Waals surface area contributed by atoms with E-state index in [2.05, 4.69) is 14.8 Å². The Bertz CT molecular complexity index is 580. The highest BCUT2D eigenvalue weighted by atomic mass is 16.6. The highest BCUT2D eigenvalue weighted by Gasteiger charge is 2.27. The summed E-state index contributed by atoms with van der Waals surface area (Å²) in [7, 11) is 0. The Morgan fingerprint density at radius 1 is 1.39 bits per heavy atom. The van der Waals surface area contributed by atoms with Crippen LogP contribution in [-0.4, -0.2) is 58.7 Å². The minimum atomic E-state index is -0.401. The molecule has 0 aromatic carbocycles. The van der Waals surface area contributed by atoms with E-state index in [1.54, 1.807) is 6.07 Å². The summed E-state index contributed by atoms with van der Waals surface area (Å²) >= 11 is 0. The summed E-state index contributed by atoms with van der Waals surface area (Å²) in [5.74, 6) is 1.42. The van der Waals surface area contributed by atoms with Crippen LogP contribution in [0.3, 0.4) is 0 Å². The predicted molar refractivity (Wildman–Crippen MR) is 87.6 cm³/mol. The first kappa shape index (κ1) is 16.1. The van der Waals surface area contributed by atoms with Crippen LogP contribution in [0.4, 0.5) is 11.5 Å². The maximum absolute atomic E-state index is 10.8. The number of anilines is 1. The first-order chi connectivity index (χ1) is 11.0. The predicted octanol–water partition coefficient (Wildman–Crippen LogP) is 1.58. The van der Waals surface area contributed by atoms with E-state index in [1.165, 1.54) is 12.6 Å². The third-order valence-corrected chi connectivity index (χ3v) is 4.83. The highest BCUT2D eigenvalue weighted by molar-refractivity contribution is 5.50. The average Bonchev–Trinajstić information content (AvgIpc) is 2.92. The fourth-order valence-corrected chi connectivity index (χ4v) is 3.73. The van der Waals surface area contributed by atoms with Gasteiger partial charge in [-0.3, -0.25) is 10.1 Å². The number of nitro groups is 1. The number of likely N-dealkylation sites (tertiary alicyclic amines) is 1. The van der Waals surface area contributed by atoms with Gasteiger partial charge in [0.2, 0.25) is 0 Å². The van der Waals surface area contributed by atoms with Crippen molar-refractivity contribution in [3.63, 3.8) is 0 Å². The molecule has 3 rings (SSSR count). The average molecular weight is 320 g/mol. The molecule has 0 amide bonds. The van der Waals surface area contributed by atoms with Crippen molar-refractivity contribution in [2.75, 3.05) is 37.6 Å². The SMILES string of the molecule is Cc1cc([N+](=O)[O-])cnc1N1CCC[C@@H](CN2CC[C@@H](O)C2)C1. The largest absolute Gasteiger partial charge is 0.392 e. The van der Waals surface area contributed by atoms with Crippen LogP contribution < -0.4 is 4.90 Å². The second-order valence-corrected chi connectivity index (χ2v) is 6.75. The van der Waals surface area contributed by atoms with Crippen molar-refractivity contribution in [2.45, 2.75) is 32.3 Å². The molecule has 2 aliphatic heterocycles. The maximum atomic E-state index is 10.8. The van der Waals surface area contributed by atoms with Gasteiger partial charge in [-0.2, -0.15) is 0 Å². The zero-order valence-corrected chi connectivity index (χ0v) is 13.5. The molecular formula is C16H24N4O3. The summed E-state index contributed by atoms with van der Waals surface area (Å²) in [6, 6.07) is 1.60. The highest BCUT2D eigenvalue weighted by Crippen LogP contribution is 2.27. The van der Waals surface area contributed by atoms with E-state index in [0.717, 1.165) is 56.9 Å². The number of pyridine rings is 1. The number of hydrogen-bond donors (Lipinski definition) is 1. The molecule has 7 nitrogen and oxygen atoms in total. The Morgan fingerprint density at radius 2 is 2.22 bits per heavy atom. The minimum absolute atomic E-state index is 0.0471. The molecule has 7 heteroatoms. The van der Waals surface area contributed by atoms with Crippen LogP contribution in [0.15, 0.2) is 12.3 Å². The molecule has 1 aromatic rings. The van der Waals surface area contributed by atoms with Gasteiger partial charge in [0, 0.05) is 38.8 Å². The summed E-state index contributed by atoms with van der Waals surface area (Å²) in [6.45, 7) is 6.54. The van der Waals surface area contributed by atoms with Gasteiger partial charge in [0.25, 0.3) is 5.69 Å². The molecule has 2 atom stereocenters. The number of aliphatic hydroxyl groups excluding tert-OH is 1.